The van der Waals surface area contributed by atoms with Crippen LogP contribution in [0.2, 0.25) is 0 Å². The van der Waals surface area contributed by atoms with E-state index >= 15 is 0 Å². The summed E-state index contributed by atoms with van der Waals surface area (Å²) < 4.78 is 0. The summed E-state index contributed by atoms with van der Waals surface area (Å²) in [5.74, 6) is 0. The second-order valence-corrected chi connectivity index (χ2v) is 3.01. The van der Waals surface area contributed by atoms with Gasteiger partial charge in [-0.3, -0.25) is 0 Å². The first-order chi connectivity index (χ1) is 5.16. The molecule has 0 bridgehead atoms. The molecule has 0 spiro atoms. The molecular weight excluding hydrogens is 162 g/mol. The SMILES string of the molecule is CC(O)CC(C)NC/C=C/Cl. The number of rotatable bonds is 5. The van der Waals surface area contributed by atoms with Crippen LogP contribution < -0.4 is 5.32 Å². The molecule has 0 aliphatic carbocycles. The van der Waals surface area contributed by atoms with Crippen LogP contribution in [0.1, 0.15) is 20.3 Å². The van der Waals surface area contributed by atoms with E-state index in [4.69, 9.17) is 16.7 Å². The van der Waals surface area contributed by atoms with Crippen LogP contribution in [0.4, 0.5) is 0 Å². The molecule has 0 heterocycles. The van der Waals surface area contributed by atoms with E-state index < -0.39 is 0 Å². The largest absolute Gasteiger partial charge is 0.393 e. The Hall–Kier alpha value is -0.0500. The van der Waals surface area contributed by atoms with Gasteiger partial charge in [0.1, 0.15) is 0 Å². The predicted octanol–water partition coefficient (Wildman–Crippen LogP) is 1.49. The topological polar surface area (TPSA) is 32.3 Å². The van der Waals surface area contributed by atoms with Crippen molar-refractivity contribution < 1.29 is 5.11 Å². The van der Waals surface area contributed by atoms with Crippen molar-refractivity contribution in [3.63, 3.8) is 0 Å². The maximum Gasteiger partial charge on any atom is 0.0526 e. The number of hydrogen-bond donors (Lipinski definition) is 2. The van der Waals surface area contributed by atoms with Gasteiger partial charge in [-0.15, -0.1) is 0 Å². The molecule has 0 aromatic carbocycles. The molecule has 0 fully saturated rings. The van der Waals surface area contributed by atoms with E-state index in [0.717, 1.165) is 13.0 Å². The summed E-state index contributed by atoms with van der Waals surface area (Å²) in [5, 5.41) is 12.2. The van der Waals surface area contributed by atoms with Crippen LogP contribution in [0, 0.1) is 0 Å². The highest BCUT2D eigenvalue weighted by atomic mass is 35.5. The summed E-state index contributed by atoms with van der Waals surface area (Å²) in [6, 6.07) is 0.336. The van der Waals surface area contributed by atoms with E-state index in [2.05, 4.69) is 5.32 Å². The van der Waals surface area contributed by atoms with Crippen LogP contribution in [0.25, 0.3) is 0 Å². The van der Waals surface area contributed by atoms with Gasteiger partial charge in [0, 0.05) is 18.1 Å². The van der Waals surface area contributed by atoms with Gasteiger partial charge >= 0.3 is 0 Å². The second kappa shape index (κ2) is 6.65. The summed E-state index contributed by atoms with van der Waals surface area (Å²) in [5.41, 5.74) is 1.49. The average Bonchev–Trinajstić information content (AvgIpc) is 1.86. The molecule has 2 N–H and O–H groups in total. The summed E-state index contributed by atoms with van der Waals surface area (Å²) >= 11 is 5.32. The fraction of sp³-hybridized carbons (Fsp3) is 0.750. The van der Waals surface area contributed by atoms with Gasteiger partial charge in [0.2, 0.25) is 0 Å². The number of aliphatic hydroxyl groups excluding tert-OH is 1. The predicted molar refractivity (Wildman–Crippen MR) is 48.8 cm³/mol. The molecule has 0 rings (SSSR count). The Bertz CT molecular complexity index is 115. The van der Waals surface area contributed by atoms with Gasteiger partial charge < -0.3 is 10.4 Å². The van der Waals surface area contributed by atoms with E-state index in [1.807, 2.05) is 13.0 Å². The van der Waals surface area contributed by atoms with Gasteiger partial charge in [-0.25, -0.2) is 0 Å². The van der Waals surface area contributed by atoms with Crippen molar-refractivity contribution in [2.45, 2.75) is 32.4 Å². The van der Waals surface area contributed by atoms with E-state index in [9.17, 15) is 0 Å². The second-order valence-electron chi connectivity index (χ2n) is 2.76. The van der Waals surface area contributed by atoms with Crippen LogP contribution in [0.15, 0.2) is 11.6 Å². The highest BCUT2D eigenvalue weighted by molar-refractivity contribution is 6.25. The third-order valence-electron chi connectivity index (χ3n) is 1.37. The zero-order valence-electron chi connectivity index (χ0n) is 7.05. The summed E-state index contributed by atoms with van der Waals surface area (Å²) in [6.45, 7) is 4.59. The highest BCUT2D eigenvalue weighted by Crippen LogP contribution is 1.95. The van der Waals surface area contributed by atoms with Crippen molar-refractivity contribution in [3.05, 3.63) is 11.6 Å². The van der Waals surface area contributed by atoms with Crippen molar-refractivity contribution in [2.75, 3.05) is 6.54 Å². The molecule has 2 nitrogen and oxygen atoms in total. The molecule has 3 heteroatoms. The smallest absolute Gasteiger partial charge is 0.0526 e. The molecule has 0 saturated heterocycles. The van der Waals surface area contributed by atoms with Crippen LogP contribution in [-0.4, -0.2) is 23.8 Å². The van der Waals surface area contributed by atoms with Gasteiger partial charge in [0.15, 0.2) is 0 Å². The maximum absolute atomic E-state index is 9.00. The zero-order chi connectivity index (χ0) is 8.69. The highest BCUT2D eigenvalue weighted by Gasteiger charge is 2.02. The van der Waals surface area contributed by atoms with E-state index in [1.54, 1.807) is 6.92 Å². The summed E-state index contributed by atoms with van der Waals surface area (Å²) in [7, 11) is 0. The van der Waals surface area contributed by atoms with Crippen molar-refractivity contribution in [1.82, 2.24) is 5.32 Å². The Morgan fingerprint density at radius 1 is 1.55 bits per heavy atom. The van der Waals surface area contributed by atoms with Crippen molar-refractivity contribution in [2.24, 2.45) is 0 Å². The molecular formula is C8H16ClNO. The van der Waals surface area contributed by atoms with E-state index in [0.29, 0.717) is 6.04 Å². The molecule has 2 atom stereocenters. The fourth-order valence-electron chi connectivity index (χ4n) is 0.909. The molecule has 0 amide bonds. The minimum atomic E-state index is -0.238. The lowest BCUT2D eigenvalue weighted by molar-refractivity contribution is 0.171. The number of halogens is 1. The van der Waals surface area contributed by atoms with Gasteiger partial charge in [0.05, 0.1) is 6.10 Å². The molecule has 0 aromatic rings. The van der Waals surface area contributed by atoms with Gasteiger partial charge in [-0.2, -0.15) is 0 Å². The van der Waals surface area contributed by atoms with Crippen molar-refractivity contribution in [3.8, 4) is 0 Å². The molecule has 0 saturated carbocycles. The van der Waals surface area contributed by atoms with E-state index in [-0.39, 0.29) is 6.10 Å². The van der Waals surface area contributed by atoms with Crippen molar-refractivity contribution >= 4 is 11.6 Å². The molecule has 11 heavy (non-hydrogen) atoms. The zero-order valence-corrected chi connectivity index (χ0v) is 7.80. The third kappa shape index (κ3) is 7.85. The lowest BCUT2D eigenvalue weighted by atomic mass is 10.1. The standard InChI is InChI=1S/C8H16ClNO/c1-7(6-8(2)11)10-5-3-4-9/h3-4,7-8,10-11H,5-6H2,1-2H3/b4-3+. The Balaban J connectivity index is 3.29. The van der Waals surface area contributed by atoms with Gasteiger partial charge in [-0.1, -0.05) is 17.7 Å². The Kier molecular flexibility index (Phi) is 6.62. The Morgan fingerprint density at radius 3 is 2.64 bits per heavy atom. The Morgan fingerprint density at radius 2 is 2.18 bits per heavy atom. The van der Waals surface area contributed by atoms with Crippen LogP contribution >= 0.6 is 11.6 Å². The lowest BCUT2D eigenvalue weighted by Gasteiger charge is -2.13. The Labute approximate surface area is 73.3 Å². The molecule has 0 radical (unpaired) electrons. The molecule has 0 aromatic heterocycles. The average molecular weight is 178 g/mol. The maximum atomic E-state index is 9.00. The van der Waals surface area contributed by atoms with Crippen molar-refractivity contribution in [1.29, 1.82) is 0 Å². The number of aliphatic hydroxyl groups is 1. The molecule has 0 aliphatic rings. The minimum absolute atomic E-state index is 0.238. The number of nitrogens with one attached hydrogen (secondary N) is 1. The molecule has 0 aliphatic heterocycles. The molecule has 66 valence electrons. The summed E-state index contributed by atoms with van der Waals surface area (Å²) in [6.07, 6.45) is 2.37. The van der Waals surface area contributed by atoms with Gasteiger partial charge in [-0.05, 0) is 20.3 Å². The first-order valence-electron chi connectivity index (χ1n) is 3.83. The van der Waals surface area contributed by atoms with Gasteiger partial charge in [0.25, 0.3) is 0 Å². The first kappa shape index (κ1) is 11.0. The lowest BCUT2D eigenvalue weighted by Crippen LogP contribution is -2.29. The summed E-state index contributed by atoms with van der Waals surface area (Å²) in [4.78, 5) is 0. The first-order valence-corrected chi connectivity index (χ1v) is 4.27. The van der Waals surface area contributed by atoms with Crippen LogP contribution in [-0.2, 0) is 0 Å². The van der Waals surface area contributed by atoms with Crippen LogP contribution in [0.5, 0.6) is 0 Å². The fourth-order valence-corrected chi connectivity index (χ4v) is 0.998. The number of hydrogen-bond acceptors (Lipinski definition) is 2. The minimum Gasteiger partial charge on any atom is -0.393 e. The van der Waals surface area contributed by atoms with Crippen LogP contribution in [0.3, 0.4) is 0 Å². The monoisotopic (exact) mass is 177 g/mol. The van der Waals surface area contributed by atoms with E-state index in [1.165, 1.54) is 5.54 Å². The molecule has 2 unspecified atom stereocenters. The normalized spacial score (nSPS) is 17.1. The third-order valence-corrected chi connectivity index (χ3v) is 1.55. The quantitative estimate of drug-likeness (QED) is 0.667.